The summed E-state index contributed by atoms with van der Waals surface area (Å²) in [6, 6.07) is 3.39. The molecule has 1 aromatic carbocycles. The number of amides is 1. The lowest BCUT2D eigenvalue weighted by Crippen LogP contribution is -2.45. The molecule has 1 amide bonds. The summed E-state index contributed by atoms with van der Waals surface area (Å²) >= 11 is 0. The monoisotopic (exact) mass is 337 g/mol. The van der Waals surface area contributed by atoms with Crippen LogP contribution in [0.25, 0.3) is 0 Å². The molecule has 1 N–H and O–H groups in total. The number of ether oxygens (including phenoxy) is 1. The molecule has 2 unspecified atom stereocenters. The summed E-state index contributed by atoms with van der Waals surface area (Å²) in [6.07, 6.45) is 0.666. The lowest BCUT2D eigenvalue weighted by molar-refractivity contribution is -0.384. The number of hydrogen-bond acceptors (Lipinski definition) is 6. The molecule has 0 aromatic heterocycles. The average Bonchev–Trinajstić information content (AvgIpc) is 2.57. The number of hydrogen-bond donors (Lipinski definition) is 1. The summed E-state index contributed by atoms with van der Waals surface area (Å²) in [5.41, 5.74) is 0.332. The van der Waals surface area contributed by atoms with Crippen LogP contribution in [0.5, 0.6) is 0 Å². The fraction of sp³-hybridized carbons (Fsp3) is 0.500. The first-order valence-corrected chi connectivity index (χ1v) is 7.57. The molecule has 24 heavy (non-hydrogen) atoms. The predicted molar refractivity (Wildman–Crippen MR) is 90.1 cm³/mol. The summed E-state index contributed by atoms with van der Waals surface area (Å²) in [6.45, 7) is 3.71. The highest BCUT2D eigenvalue weighted by Crippen LogP contribution is 2.27. The summed E-state index contributed by atoms with van der Waals surface area (Å²) in [5.74, 6) is -1.23. The molecule has 0 saturated carbocycles. The molecule has 0 fully saturated rings. The van der Waals surface area contributed by atoms with Crippen molar-refractivity contribution >= 4 is 23.3 Å². The molecule has 132 valence electrons. The van der Waals surface area contributed by atoms with Crippen LogP contribution in [-0.4, -0.2) is 44.0 Å². The number of anilines is 1. The van der Waals surface area contributed by atoms with Crippen LogP contribution in [0.1, 0.15) is 30.6 Å². The Morgan fingerprint density at radius 1 is 1.38 bits per heavy atom. The number of carbonyl (C=O) groups is 2. The number of esters is 1. The van der Waals surface area contributed by atoms with Gasteiger partial charge < -0.3 is 15.0 Å². The van der Waals surface area contributed by atoms with Crippen LogP contribution in [0.4, 0.5) is 11.4 Å². The van der Waals surface area contributed by atoms with E-state index in [2.05, 4.69) is 5.32 Å². The Labute approximate surface area is 140 Å². The van der Waals surface area contributed by atoms with E-state index in [1.807, 2.05) is 13.8 Å². The van der Waals surface area contributed by atoms with Gasteiger partial charge in [0, 0.05) is 25.7 Å². The fourth-order valence-electron chi connectivity index (χ4n) is 2.21. The minimum Gasteiger partial charge on any atom is -0.467 e. The van der Waals surface area contributed by atoms with Crippen LogP contribution in [0.2, 0.25) is 0 Å². The van der Waals surface area contributed by atoms with Crippen LogP contribution in [0.15, 0.2) is 18.2 Å². The molecule has 8 heteroatoms. The van der Waals surface area contributed by atoms with Crippen LogP contribution in [0.3, 0.4) is 0 Å². The van der Waals surface area contributed by atoms with Gasteiger partial charge in [0.1, 0.15) is 11.7 Å². The standard InChI is InChI=1S/C16H23N3O5/c1-6-10(2)14(16(21)24-5)17-15(20)11-7-8-12(18(3)4)13(9-11)19(22)23/h7-10,14H,6H2,1-5H3,(H,17,20). The van der Waals surface area contributed by atoms with Crippen molar-refractivity contribution in [2.45, 2.75) is 26.3 Å². The Kier molecular flexibility index (Phi) is 6.69. The van der Waals surface area contributed by atoms with Gasteiger partial charge in [0.2, 0.25) is 0 Å². The summed E-state index contributed by atoms with van der Waals surface area (Å²) < 4.78 is 4.72. The van der Waals surface area contributed by atoms with Gasteiger partial charge in [-0.1, -0.05) is 20.3 Å². The van der Waals surface area contributed by atoms with Gasteiger partial charge in [-0.2, -0.15) is 0 Å². The van der Waals surface area contributed by atoms with Crippen molar-refractivity contribution in [2.75, 3.05) is 26.1 Å². The molecule has 0 spiro atoms. The van der Waals surface area contributed by atoms with E-state index in [0.717, 1.165) is 0 Å². The van der Waals surface area contributed by atoms with Crippen molar-refractivity contribution in [1.82, 2.24) is 5.32 Å². The maximum Gasteiger partial charge on any atom is 0.328 e. The predicted octanol–water partition coefficient (Wildman–Crippen LogP) is 1.98. The molecule has 1 aromatic rings. The maximum absolute atomic E-state index is 12.4. The van der Waals surface area contributed by atoms with Crippen LogP contribution < -0.4 is 10.2 Å². The third-order valence-corrected chi connectivity index (χ3v) is 3.87. The first-order valence-electron chi connectivity index (χ1n) is 7.57. The zero-order chi connectivity index (χ0) is 18.4. The molecule has 0 bridgehead atoms. The SMILES string of the molecule is CCC(C)C(NC(=O)c1ccc(N(C)C)c([N+](=O)[O-])c1)C(=O)OC. The van der Waals surface area contributed by atoms with Crippen molar-refractivity contribution in [2.24, 2.45) is 5.92 Å². The van der Waals surface area contributed by atoms with Crippen molar-refractivity contribution in [3.63, 3.8) is 0 Å². The second-order valence-corrected chi connectivity index (χ2v) is 5.71. The normalized spacial score (nSPS) is 12.9. The van der Waals surface area contributed by atoms with E-state index in [0.29, 0.717) is 12.1 Å². The van der Waals surface area contributed by atoms with Gasteiger partial charge >= 0.3 is 5.97 Å². The topological polar surface area (TPSA) is 102 Å². The Balaban J connectivity index is 3.12. The van der Waals surface area contributed by atoms with Crippen molar-refractivity contribution in [3.05, 3.63) is 33.9 Å². The number of nitro benzene ring substituents is 1. The number of benzene rings is 1. The minimum absolute atomic E-state index is 0.115. The number of carbonyl (C=O) groups excluding carboxylic acids is 2. The van der Waals surface area contributed by atoms with E-state index in [-0.39, 0.29) is 17.2 Å². The molecule has 0 heterocycles. The van der Waals surface area contributed by atoms with Gasteiger partial charge in [-0.15, -0.1) is 0 Å². The lowest BCUT2D eigenvalue weighted by atomic mass is 9.98. The Bertz CT molecular complexity index is 630. The summed E-state index contributed by atoms with van der Waals surface area (Å²) in [7, 11) is 4.61. The third kappa shape index (κ3) is 4.43. The van der Waals surface area contributed by atoms with E-state index in [1.54, 1.807) is 19.0 Å². The number of nitro groups is 1. The molecular weight excluding hydrogens is 314 g/mol. The second-order valence-electron chi connectivity index (χ2n) is 5.71. The van der Waals surface area contributed by atoms with Crippen molar-refractivity contribution < 1.29 is 19.2 Å². The smallest absolute Gasteiger partial charge is 0.328 e. The fourth-order valence-corrected chi connectivity index (χ4v) is 2.21. The van der Waals surface area contributed by atoms with Crippen molar-refractivity contribution in [3.8, 4) is 0 Å². The molecule has 0 saturated heterocycles. The molecule has 0 radical (unpaired) electrons. The first-order chi connectivity index (χ1) is 11.2. The number of nitrogens with one attached hydrogen (secondary N) is 1. The van der Waals surface area contributed by atoms with Gasteiger partial charge in [-0.3, -0.25) is 14.9 Å². The second kappa shape index (κ2) is 8.28. The number of rotatable bonds is 7. The summed E-state index contributed by atoms with van der Waals surface area (Å²) in [5, 5.41) is 13.8. The quantitative estimate of drug-likeness (QED) is 0.464. The van der Waals surface area contributed by atoms with Crippen LogP contribution >= 0.6 is 0 Å². The van der Waals surface area contributed by atoms with Gasteiger partial charge in [-0.25, -0.2) is 4.79 Å². The van der Waals surface area contributed by atoms with Crippen LogP contribution in [0, 0.1) is 16.0 Å². The highest BCUT2D eigenvalue weighted by molar-refractivity contribution is 5.98. The third-order valence-electron chi connectivity index (χ3n) is 3.87. The zero-order valence-electron chi connectivity index (χ0n) is 14.5. The highest BCUT2D eigenvalue weighted by atomic mass is 16.6. The zero-order valence-corrected chi connectivity index (χ0v) is 14.5. The molecular formula is C16H23N3O5. The Morgan fingerprint density at radius 3 is 2.46 bits per heavy atom. The van der Waals surface area contributed by atoms with Gasteiger partial charge in [0.15, 0.2) is 0 Å². The van der Waals surface area contributed by atoms with E-state index >= 15 is 0 Å². The lowest BCUT2D eigenvalue weighted by Gasteiger charge is -2.22. The molecule has 0 aliphatic rings. The molecule has 2 atom stereocenters. The minimum atomic E-state index is -0.805. The van der Waals surface area contributed by atoms with Crippen molar-refractivity contribution in [1.29, 1.82) is 0 Å². The van der Waals surface area contributed by atoms with E-state index in [4.69, 9.17) is 4.74 Å². The van der Waals surface area contributed by atoms with E-state index < -0.39 is 22.8 Å². The van der Waals surface area contributed by atoms with E-state index in [1.165, 1.54) is 25.3 Å². The Morgan fingerprint density at radius 2 is 2.00 bits per heavy atom. The van der Waals surface area contributed by atoms with Gasteiger partial charge in [0.25, 0.3) is 11.6 Å². The molecule has 1 rings (SSSR count). The average molecular weight is 337 g/mol. The molecule has 0 aliphatic heterocycles. The van der Waals surface area contributed by atoms with Gasteiger partial charge in [-0.05, 0) is 18.1 Å². The molecule has 8 nitrogen and oxygen atoms in total. The first kappa shape index (κ1) is 19.4. The Hall–Kier alpha value is -2.64. The van der Waals surface area contributed by atoms with Crippen LogP contribution in [-0.2, 0) is 9.53 Å². The molecule has 0 aliphatic carbocycles. The van der Waals surface area contributed by atoms with E-state index in [9.17, 15) is 19.7 Å². The largest absolute Gasteiger partial charge is 0.467 e. The maximum atomic E-state index is 12.4. The number of nitrogens with zero attached hydrogens (tertiary/aromatic N) is 2. The highest BCUT2D eigenvalue weighted by Gasteiger charge is 2.28. The number of methoxy groups -OCH3 is 1. The van der Waals surface area contributed by atoms with Gasteiger partial charge in [0.05, 0.1) is 12.0 Å². The summed E-state index contributed by atoms with van der Waals surface area (Å²) in [4.78, 5) is 36.5.